The number of rotatable bonds is 8. The number of amides is 1. The van der Waals surface area contributed by atoms with E-state index in [1.54, 1.807) is 16.7 Å². The van der Waals surface area contributed by atoms with E-state index in [0.29, 0.717) is 25.2 Å². The van der Waals surface area contributed by atoms with Crippen LogP contribution in [0.3, 0.4) is 0 Å². The van der Waals surface area contributed by atoms with Crippen LogP contribution in [0.5, 0.6) is 0 Å². The van der Waals surface area contributed by atoms with Gasteiger partial charge in [0.25, 0.3) is 11.5 Å². The highest BCUT2D eigenvalue weighted by Gasteiger charge is 2.26. The smallest absolute Gasteiger partial charge is 0.323 e. The quantitative estimate of drug-likeness (QED) is 0.424. The van der Waals surface area contributed by atoms with Crippen molar-refractivity contribution in [2.45, 2.75) is 30.3 Å². The van der Waals surface area contributed by atoms with Crippen molar-refractivity contribution in [3.05, 3.63) is 64.1 Å². The molecule has 1 aromatic heterocycles. The van der Waals surface area contributed by atoms with Gasteiger partial charge in [0, 0.05) is 30.4 Å². The van der Waals surface area contributed by atoms with Gasteiger partial charge in [-0.2, -0.15) is 4.72 Å². The Hall–Kier alpha value is -3.02. The molecule has 0 radical (unpaired) electrons. The highest BCUT2D eigenvalue weighted by atomic mass is 32.2. The molecule has 0 spiro atoms. The predicted octanol–water partition coefficient (Wildman–Crippen LogP) is -0.469. The number of hydrogen-bond donors (Lipinski definition) is 4. The van der Waals surface area contributed by atoms with Gasteiger partial charge in [-0.05, 0) is 43.5 Å². The summed E-state index contributed by atoms with van der Waals surface area (Å²) in [6.07, 6.45) is 1.41. The largest absolute Gasteiger partial charge is 0.480 e. The van der Waals surface area contributed by atoms with E-state index in [0.717, 1.165) is 6.42 Å². The van der Waals surface area contributed by atoms with Gasteiger partial charge in [-0.1, -0.05) is 18.2 Å². The van der Waals surface area contributed by atoms with Crippen molar-refractivity contribution in [3.8, 4) is 0 Å². The van der Waals surface area contributed by atoms with Crippen molar-refractivity contribution in [1.82, 2.24) is 14.6 Å². The summed E-state index contributed by atoms with van der Waals surface area (Å²) < 4.78 is 28.4. The number of aryl methyl sites for hydroxylation is 1. The first-order valence-electron chi connectivity index (χ1n) is 9.73. The van der Waals surface area contributed by atoms with Crippen molar-refractivity contribution in [3.63, 3.8) is 0 Å². The van der Waals surface area contributed by atoms with Gasteiger partial charge in [0.15, 0.2) is 0 Å². The molecule has 1 amide bonds. The van der Waals surface area contributed by atoms with E-state index in [9.17, 15) is 27.9 Å². The molecule has 0 saturated carbocycles. The van der Waals surface area contributed by atoms with E-state index in [-0.39, 0.29) is 21.9 Å². The van der Waals surface area contributed by atoms with Crippen LogP contribution < -0.4 is 21.3 Å². The Labute approximate surface area is 179 Å². The Kier molecular flexibility index (Phi) is 6.88. The van der Waals surface area contributed by atoms with Gasteiger partial charge in [-0.25, -0.2) is 8.42 Å². The van der Waals surface area contributed by atoms with Gasteiger partial charge in [-0.3, -0.25) is 14.4 Å². The second-order valence-corrected chi connectivity index (χ2v) is 9.07. The molecule has 1 aromatic carbocycles. The van der Waals surface area contributed by atoms with Crippen LogP contribution >= 0.6 is 0 Å². The summed E-state index contributed by atoms with van der Waals surface area (Å²) in [5.74, 6) is -1.90. The molecule has 10 nitrogen and oxygen atoms in total. The average molecular weight is 449 g/mol. The molecule has 1 aliphatic heterocycles. The molecular formula is C20H24N4O6S. The molecule has 2 atom stereocenters. The number of benzene rings is 1. The Morgan fingerprint density at radius 2 is 1.94 bits per heavy atom. The lowest BCUT2D eigenvalue weighted by atomic mass is 9.96. The molecule has 11 heteroatoms. The molecule has 2 heterocycles. The van der Waals surface area contributed by atoms with Crippen LogP contribution in [0, 0.1) is 5.92 Å². The third-order valence-electron chi connectivity index (χ3n) is 5.17. The summed E-state index contributed by atoms with van der Waals surface area (Å²) in [6.45, 7) is 0.479. The number of sulfonamides is 1. The first kappa shape index (κ1) is 22.7. The predicted molar refractivity (Wildman–Crippen MR) is 112 cm³/mol. The van der Waals surface area contributed by atoms with Gasteiger partial charge in [0.1, 0.15) is 6.04 Å². The number of fused-ring (bicyclic) bond motifs is 1. The number of nitrogens with zero attached hydrogens (tertiary/aromatic N) is 1. The van der Waals surface area contributed by atoms with Gasteiger partial charge < -0.3 is 20.7 Å². The third-order valence-corrected chi connectivity index (χ3v) is 6.66. The van der Waals surface area contributed by atoms with E-state index in [1.807, 2.05) is 0 Å². The number of aromatic nitrogens is 1. The number of hydrogen-bond acceptors (Lipinski definition) is 6. The molecule has 0 saturated heterocycles. The van der Waals surface area contributed by atoms with Crippen LogP contribution in [-0.4, -0.2) is 49.1 Å². The Bertz CT molecular complexity index is 1130. The van der Waals surface area contributed by atoms with Crippen LogP contribution in [0.1, 0.15) is 22.5 Å². The second kappa shape index (κ2) is 9.41. The molecule has 0 aliphatic carbocycles. The summed E-state index contributed by atoms with van der Waals surface area (Å²) in [5.41, 5.74) is 6.16. The van der Waals surface area contributed by atoms with Gasteiger partial charge in [0.2, 0.25) is 10.0 Å². The minimum absolute atomic E-state index is 0.0916. The maximum absolute atomic E-state index is 12.5. The number of nitrogens with two attached hydrogens (primary N) is 1. The fraction of sp³-hybridized carbons (Fsp3) is 0.350. The van der Waals surface area contributed by atoms with E-state index in [1.165, 1.54) is 30.3 Å². The van der Waals surface area contributed by atoms with Crippen LogP contribution in [0.15, 0.2) is 52.2 Å². The second-order valence-electron chi connectivity index (χ2n) is 7.36. The summed E-state index contributed by atoms with van der Waals surface area (Å²) in [7, 11) is -4.09. The van der Waals surface area contributed by atoms with Crippen molar-refractivity contribution in [2.75, 3.05) is 13.1 Å². The maximum Gasteiger partial charge on any atom is 0.323 e. The van der Waals surface area contributed by atoms with Crippen molar-refractivity contribution < 1.29 is 23.1 Å². The van der Waals surface area contributed by atoms with Crippen LogP contribution in [0.25, 0.3) is 0 Å². The standard InChI is InChI=1S/C20H24N4O6S/c21-10-13-6-7-15-8-14(9-18(25)24(15)12-13)19(26)22-11-17(20(27)28)23-31(29,30)16-4-2-1-3-5-16/h1-5,8-9,13,17,23H,6-7,10-12,21H2,(H,22,26)(H,27,28). The van der Waals surface area contributed by atoms with Crippen molar-refractivity contribution >= 4 is 21.9 Å². The lowest BCUT2D eigenvalue weighted by Gasteiger charge is -2.25. The minimum atomic E-state index is -4.09. The van der Waals surface area contributed by atoms with E-state index in [2.05, 4.69) is 10.0 Å². The normalized spacial score (nSPS) is 16.9. The molecule has 31 heavy (non-hydrogen) atoms. The molecule has 0 fully saturated rings. The summed E-state index contributed by atoms with van der Waals surface area (Å²) >= 11 is 0. The minimum Gasteiger partial charge on any atom is -0.480 e. The number of carbonyl (C=O) groups is 2. The van der Waals surface area contributed by atoms with Crippen LogP contribution in [0.2, 0.25) is 0 Å². The first-order chi connectivity index (χ1) is 14.7. The highest BCUT2D eigenvalue weighted by molar-refractivity contribution is 7.89. The number of nitrogens with one attached hydrogen (secondary N) is 2. The Morgan fingerprint density at radius 3 is 2.58 bits per heavy atom. The van der Waals surface area contributed by atoms with Crippen molar-refractivity contribution in [1.29, 1.82) is 0 Å². The first-order valence-corrected chi connectivity index (χ1v) is 11.2. The SMILES string of the molecule is NCC1CCc2cc(C(=O)NCC(NS(=O)(=O)c3ccccc3)C(=O)O)cc(=O)n2C1. The van der Waals surface area contributed by atoms with E-state index < -0.39 is 34.5 Å². The number of carboxylic acid groups (broad SMARTS) is 1. The van der Waals surface area contributed by atoms with Gasteiger partial charge in [0.05, 0.1) is 4.90 Å². The molecule has 2 aromatic rings. The zero-order valence-corrected chi connectivity index (χ0v) is 17.5. The van der Waals surface area contributed by atoms with Crippen molar-refractivity contribution in [2.24, 2.45) is 11.7 Å². The highest BCUT2D eigenvalue weighted by Crippen LogP contribution is 2.18. The summed E-state index contributed by atoms with van der Waals surface area (Å²) in [6, 6.07) is 8.50. The van der Waals surface area contributed by atoms with Gasteiger partial charge >= 0.3 is 5.97 Å². The topological polar surface area (TPSA) is 161 Å². The lowest BCUT2D eigenvalue weighted by molar-refractivity contribution is -0.138. The fourth-order valence-corrected chi connectivity index (χ4v) is 4.63. The Balaban J connectivity index is 1.70. The summed E-state index contributed by atoms with van der Waals surface area (Å²) in [5, 5.41) is 11.8. The van der Waals surface area contributed by atoms with Crippen LogP contribution in [0.4, 0.5) is 0 Å². The fourth-order valence-electron chi connectivity index (χ4n) is 3.42. The number of aliphatic carboxylic acids is 1. The third kappa shape index (κ3) is 5.37. The van der Waals surface area contributed by atoms with Crippen LogP contribution in [-0.2, 0) is 27.8 Å². The zero-order chi connectivity index (χ0) is 22.6. The Morgan fingerprint density at radius 1 is 1.23 bits per heavy atom. The molecule has 3 rings (SSSR count). The van der Waals surface area contributed by atoms with E-state index >= 15 is 0 Å². The molecule has 2 unspecified atom stereocenters. The monoisotopic (exact) mass is 448 g/mol. The zero-order valence-electron chi connectivity index (χ0n) is 16.7. The number of carboxylic acids is 1. The van der Waals surface area contributed by atoms with Gasteiger partial charge in [-0.15, -0.1) is 0 Å². The van der Waals surface area contributed by atoms with E-state index in [4.69, 9.17) is 5.73 Å². The molecule has 1 aliphatic rings. The maximum atomic E-state index is 12.5. The molecule has 166 valence electrons. The lowest BCUT2D eigenvalue weighted by Crippen LogP contribution is -2.48. The molecule has 5 N–H and O–H groups in total. The molecule has 0 bridgehead atoms. The number of pyridine rings is 1. The average Bonchev–Trinajstić information content (AvgIpc) is 2.76. The summed E-state index contributed by atoms with van der Waals surface area (Å²) in [4.78, 5) is 36.3. The molecular weight excluding hydrogens is 424 g/mol. The number of carbonyl (C=O) groups excluding carboxylic acids is 1.